The molecule has 3 aromatic carbocycles. The molecule has 1 amide bonds. The zero-order valence-electron chi connectivity index (χ0n) is 15.1. The van der Waals surface area contributed by atoms with Crippen LogP contribution < -0.4 is 5.32 Å². The highest BCUT2D eigenvalue weighted by Crippen LogP contribution is 2.35. The fraction of sp³-hybridized carbons (Fsp3) is 0.261. The lowest BCUT2D eigenvalue weighted by molar-refractivity contribution is 0.0427. The molecule has 3 aromatic rings. The molecule has 0 saturated carbocycles. The summed E-state index contributed by atoms with van der Waals surface area (Å²) in [7, 11) is 0. The summed E-state index contributed by atoms with van der Waals surface area (Å²) in [4.78, 5) is 15.2. The number of carbonyl (C=O) groups is 1. The van der Waals surface area contributed by atoms with Crippen molar-refractivity contribution < 1.29 is 9.53 Å². The quantitative estimate of drug-likeness (QED) is 0.745. The summed E-state index contributed by atoms with van der Waals surface area (Å²) in [6, 6.07) is 22.5. The van der Waals surface area contributed by atoms with Crippen molar-refractivity contribution in [3.63, 3.8) is 0 Å². The normalized spacial score (nSPS) is 21.9. The highest BCUT2D eigenvalue weighted by molar-refractivity contribution is 6.01. The molecule has 0 radical (unpaired) electrons. The summed E-state index contributed by atoms with van der Waals surface area (Å²) in [5.74, 6) is 0.0676. The summed E-state index contributed by atoms with van der Waals surface area (Å²) in [5, 5.41) is 5.97. The second kappa shape index (κ2) is 6.71. The fourth-order valence-electron chi connectivity index (χ4n) is 4.13. The van der Waals surface area contributed by atoms with Gasteiger partial charge in [0.1, 0.15) is 6.17 Å². The number of carbonyl (C=O) groups excluding carboxylic acids is 1. The van der Waals surface area contributed by atoms with Crippen molar-refractivity contribution in [2.75, 3.05) is 18.5 Å². The fourth-order valence-corrected chi connectivity index (χ4v) is 4.13. The first kappa shape index (κ1) is 16.3. The minimum absolute atomic E-state index is 0.0676. The molecule has 4 heteroatoms. The zero-order chi connectivity index (χ0) is 18.2. The maximum Gasteiger partial charge on any atom is 0.257 e. The largest absolute Gasteiger partial charge is 0.376 e. The Bertz CT molecular complexity index is 994. The van der Waals surface area contributed by atoms with Crippen LogP contribution in [0.25, 0.3) is 10.8 Å². The van der Waals surface area contributed by atoms with Gasteiger partial charge in [-0.3, -0.25) is 4.79 Å². The van der Waals surface area contributed by atoms with E-state index < -0.39 is 0 Å². The van der Waals surface area contributed by atoms with Crippen LogP contribution in [0, 0.1) is 0 Å². The Labute approximate surface area is 158 Å². The molecule has 2 aliphatic rings. The van der Waals surface area contributed by atoms with Crippen molar-refractivity contribution in [3.05, 3.63) is 77.9 Å². The van der Waals surface area contributed by atoms with Gasteiger partial charge >= 0.3 is 0 Å². The molecule has 0 aliphatic carbocycles. The number of ether oxygens (including phenoxy) is 1. The Kier molecular flexibility index (Phi) is 4.06. The van der Waals surface area contributed by atoms with Crippen molar-refractivity contribution in [1.29, 1.82) is 0 Å². The van der Waals surface area contributed by atoms with E-state index in [-0.39, 0.29) is 18.2 Å². The predicted octanol–water partition coefficient (Wildman–Crippen LogP) is 4.59. The van der Waals surface area contributed by atoms with Gasteiger partial charge in [-0.2, -0.15) is 0 Å². The smallest absolute Gasteiger partial charge is 0.257 e. The van der Waals surface area contributed by atoms with Gasteiger partial charge in [-0.15, -0.1) is 0 Å². The summed E-state index contributed by atoms with van der Waals surface area (Å²) in [6.07, 6.45) is 2.00. The average molecular weight is 358 g/mol. The summed E-state index contributed by atoms with van der Waals surface area (Å²) >= 11 is 0. The van der Waals surface area contributed by atoms with Crippen molar-refractivity contribution >= 4 is 22.4 Å². The maximum atomic E-state index is 13.3. The minimum atomic E-state index is -0.193. The predicted molar refractivity (Wildman–Crippen MR) is 107 cm³/mol. The lowest BCUT2D eigenvalue weighted by Gasteiger charge is -2.39. The van der Waals surface area contributed by atoms with E-state index in [0.29, 0.717) is 6.54 Å². The molecule has 0 aromatic heterocycles. The Morgan fingerprint density at radius 3 is 2.67 bits per heavy atom. The Morgan fingerprint density at radius 2 is 1.81 bits per heavy atom. The Morgan fingerprint density at radius 1 is 1.00 bits per heavy atom. The molecule has 1 fully saturated rings. The van der Waals surface area contributed by atoms with Crippen LogP contribution in [0.5, 0.6) is 0 Å². The van der Waals surface area contributed by atoms with Crippen LogP contribution in [0.3, 0.4) is 0 Å². The number of anilines is 1. The average Bonchev–Trinajstić information content (AvgIpc) is 3.23. The molecular weight excluding hydrogens is 336 g/mol. The third kappa shape index (κ3) is 2.96. The SMILES string of the molecule is O=C1c2ccccc2N[C@H](c2ccc3ccccc3c2)N1C[C@H]1CCCO1. The lowest BCUT2D eigenvalue weighted by atomic mass is 10.00. The van der Waals surface area contributed by atoms with Gasteiger partial charge in [0.15, 0.2) is 0 Å². The number of hydrogen-bond donors (Lipinski definition) is 1. The standard InChI is InChI=1S/C23H22N2O2/c26-23-20-9-3-4-10-21(20)24-22(25(23)15-19-8-5-13-27-19)18-12-11-16-6-1-2-7-17(16)14-18/h1-4,6-7,9-12,14,19,22,24H,5,8,13,15H2/t19-,22+/m1/s1. The Balaban J connectivity index is 1.56. The van der Waals surface area contributed by atoms with Gasteiger partial charge in [0.2, 0.25) is 0 Å². The molecule has 2 aliphatic heterocycles. The molecule has 1 saturated heterocycles. The van der Waals surface area contributed by atoms with E-state index in [1.165, 1.54) is 10.8 Å². The number of nitrogens with one attached hydrogen (secondary N) is 1. The molecule has 0 bridgehead atoms. The van der Waals surface area contributed by atoms with E-state index in [1.807, 2.05) is 41.3 Å². The van der Waals surface area contributed by atoms with Gasteiger partial charge in [0, 0.05) is 18.8 Å². The number of rotatable bonds is 3. The van der Waals surface area contributed by atoms with Gasteiger partial charge in [-0.1, -0.05) is 48.5 Å². The van der Waals surface area contributed by atoms with E-state index in [2.05, 4.69) is 35.6 Å². The van der Waals surface area contributed by atoms with E-state index >= 15 is 0 Å². The molecule has 136 valence electrons. The van der Waals surface area contributed by atoms with Crippen LogP contribution in [-0.2, 0) is 4.74 Å². The molecule has 2 heterocycles. The van der Waals surface area contributed by atoms with Crippen LogP contribution >= 0.6 is 0 Å². The van der Waals surface area contributed by atoms with Crippen LogP contribution in [-0.4, -0.2) is 30.1 Å². The molecule has 1 N–H and O–H groups in total. The number of amides is 1. The molecular formula is C23H22N2O2. The van der Waals surface area contributed by atoms with Gasteiger partial charge in [-0.05, 0) is 47.4 Å². The third-order valence-electron chi connectivity index (χ3n) is 5.54. The second-order valence-corrected chi connectivity index (χ2v) is 7.29. The lowest BCUT2D eigenvalue weighted by Crippen LogP contribution is -2.46. The first-order valence-electron chi connectivity index (χ1n) is 9.56. The summed E-state index contributed by atoms with van der Waals surface area (Å²) in [5.41, 5.74) is 2.71. The van der Waals surface area contributed by atoms with Crippen molar-refractivity contribution in [3.8, 4) is 0 Å². The van der Waals surface area contributed by atoms with Crippen molar-refractivity contribution in [2.45, 2.75) is 25.1 Å². The monoisotopic (exact) mass is 358 g/mol. The highest BCUT2D eigenvalue weighted by atomic mass is 16.5. The number of para-hydroxylation sites is 1. The van der Waals surface area contributed by atoms with Gasteiger partial charge < -0.3 is 15.0 Å². The summed E-state index contributed by atoms with van der Waals surface area (Å²) in [6.45, 7) is 1.40. The molecule has 2 atom stereocenters. The van der Waals surface area contributed by atoms with E-state index in [9.17, 15) is 4.79 Å². The van der Waals surface area contributed by atoms with Gasteiger partial charge in [0.25, 0.3) is 5.91 Å². The van der Waals surface area contributed by atoms with Crippen LogP contribution in [0.15, 0.2) is 66.7 Å². The molecule has 4 nitrogen and oxygen atoms in total. The van der Waals surface area contributed by atoms with Crippen molar-refractivity contribution in [1.82, 2.24) is 4.90 Å². The second-order valence-electron chi connectivity index (χ2n) is 7.29. The molecule has 0 spiro atoms. The van der Waals surface area contributed by atoms with Crippen molar-refractivity contribution in [2.24, 2.45) is 0 Å². The highest BCUT2D eigenvalue weighted by Gasteiger charge is 2.35. The number of fused-ring (bicyclic) bond motifs is 2. The number of hydrogen-bond acceptors (Lipinski definition) is 3. The zero-order valence-corrected chi connectivity index (χ0v) is 15.1. The minimum Gasteiger partial charge on any atom is -0.376 e. The first-order chi connectivity index (χ1) is 13.3. The van der Waals surface area contributed by atoms with E-state index in [1.54, 1.807) is 0 Å². The van der Waals surface area contributed by atoms with E-state index in [0.717, 1.165) is 36.3 Å². The summed E-state index contributed by atoms with van der Waals surface area (Å²) < 4.78 is 5.82. The topological polar surface area (TPSA) is 41.6 Å². The number of benzene rings is 3. The Hall–Kier alpha value is -2.85. The molecule has 0 unspecified atom stereocenters. The van der Waals surface area contributed by atoms with Crippen LogP contribution in [0.1, 0.15) is 34.9 Å². The molecule has 27 heavy (non-hydrogen) atoms. The number of nitrogens with zero attached hydrogens (tertiary/aromatic N) is 1. The first-order valence-corrected chi connectivity index (χ1v) is 9.56. The van der Waals surface area contributed by atoms with E-state index in [4.69, 9.17) is 4.74 Å². The van der Waals surface area contributed by atoms with Crippen LogP contribution in [0.2, 0.25) is 0 Å². The maximum absolute atomic E-state index is 13.3. The van der Waals surface area contributed by atoms with Crippen LogP contribution in [0.4, 0.5) is 5.69 Å². The van der Waals surface area contributed by atoms with Gasteiger partial charge in [0.05, 0.1) is 11.7 Å². The molecule has 5 rings (SSSR count). The van der Waals surface area contributed by atoms with Gasteiger partial charge in [-0.25, -0.2) is 0 Å². The third-order valence-corrected chi connectivity index (χ3v) is 5.54.